The summed E-state index contributed by atoms with van der Waals surface area (Å²) in [6, 6.07) is 4.09. The summed E-state index contributed by atoms with van der Waals surface area (Å²) in [7, 11) is 5.04. The van der Waals surface area contributed by atoms with E-state index in [0.29, 0.717) is 6.61 Å². The van der Waals surface area contributed by atoms with Crippen molar-refractivity contribution in [2.24, 2.45) is 0 Å². The Morgan fingerprint density at radius 1 is 1.16 bits per heavy atom. The molecule has 1 aromatic rings. The standard InChI is InChI=1S/C15H23NO3/c1-15(6-5-7-16-15)12-9-14(19-4)13(18-3)8-11(12)10-17-2/h8-9,16H,5-7,10H2,1-4H3. The van der Waals surface area contributed by atoms with E-state index in [1.54, 1.807) is 21.3 Å². The molecule has 1 saturated heterocycles. The van der Waals surface area contributed by atoms with Gasteiger partial charge in [0.15, 0.2) is 11.5 Å². The topological polar surface area (TPSA) is 39.7 Å². The lowest BCUT2D eigenvalue weighted by atomic mass is 9.86. The van der Waals surface area contributed by atoms with Crippen molar-refractivity contribution < 1.29 is 14.2 Å². The maximum Gasteiger partial charge on any atom is 0.161 e. The minimum Gasteiger partial charge on any atom is -0.493 e. The molecule has 0 spiro atoms. The summed E-state index contributed by atoms with van der Waals surface area (Å²) < 4.78 is 16.1. The second kappa shape index (κ2) is 5.80. The Morgan fingerprint density at radius 3 is 2.37 bits per heavy atom. The van der Waals surface area contributed by atoms with Gasteiger partial charge in [-0.2, -0.15) is 0 Å². The van der Waals surface area contributed by atoms with Gasteiger partial charge in [0.1, 0.15) is 0 Å². The lowest BCUT2D eigenvalue weighted by Gasteiger charge is -2.28. The van der Waals surface area contributed by atoms with Gasteiger partial charge in [-0.3, -0.25) is 0 Å². The van der Waals surface area contributed by atoms with Crippen molar-refractivity contribution >= 4 is 0 Å². The van der Waals surface area contributed by atoms with E-state index in [-0.39, 0.29) is 5.54 Å². The van der Waals surface area contributed by atoms with Gasteiger partial charge < -0.3 is 19.5 Å². The van der Waals surface area contributed by atoms with Crippen molar-refractivity contribution in [3.05, 3.63) is 23.3 Å². The van der Waals surface area contributed by atoms with E-state index >= 15 is 0 Å². The first-order valence-electron chi connectivity index (χ1n) is 6.64. The van der Waals surface area contributed by atoms with Crippen LogP contribution in [-0.2, 0) is 16.9 Å². The van der Waals surface area contributed by atoms with Crippen LogP contribution in [0.3, 0.4) is 0 Å². The molecule has 0 amide bonds. The maximum atomic E-state index is 5.42. The quantitative estimate of drug-likeness (QED) is 0.887. The van der Waals surface area contributed by atoms with Gasteiger partial charge in [-0.15, -0.1) is 0 Å². The minimum atomic E-state index is -0.00653. The van der Waals surface area contributed by atoms with Crippen LogP contribution in [-0.4, -0.2) is 27.9 Å². The molecule has 0 radical (unpaired) electrons. The van der Waals surface area contributed by atoms with Crippen LogP contribution in [0.15, 0.2) is 12.1 Å². The molecule has 0 bridgehead atoms. The second-order valence-corrected chi connectivity index (χ2v) is 5.16. The normalized spacial score (nSPS) is 22.5. The summed E-state index contributed by atoms with van der Waals surface area (Å²) in [5, 5.41) is 3.58. The Kier molecular flexibility index (Phi) is 4.32. The number of benzene rings is 1. The van der Waals surface area contributed by atoms with Crippen molar-refractivity contribution in [3.8, 4) is 11.5 Å². The molecule has 1 aliphatic rings. The number of rotatable bonds is 5. The van der Waals surface area contributed by atoms with E-state index < -0.39 is 0 Å². The Bertz CT molecular complexity index is 439. The third-order valence-electron chi connectivity index (χ3n) is 3.87. The highest BCUT2D eigenvalue weighted by atomic mass is 16.5. The van der Waals surface area contributed by atoms with Crippen molar-refractivity contribution in [2.45, 2.75) is 31.9 Å². The fourth-order valence-electron chi connectivity index (χ4n) is 2.83. The maximum absolute atomic E-state index is 5.42. The lowest BCUT2D eigenvalue weighted by Crippen LogP contribution is -2.34. The SMILES string of the molecule is COCc1cc(OC)c(OC)cc1C1(C)CCCN1. The summed E-state index contributed by atoms with van der Waals surface area (Å²) in [5.74, 6) is 1.52. The van der Waals surface area contributed by atoms with Gasteiger partial charge in [-0.05, 0) is 49.6 Å². The molecular formula is C15H23NO3. The molecule has 0 aromatic heterocycles. The molecule has 2 rings (SSSR count). The third-order valence-corrected chi connectivity index (χ3v) is 3.87. The lowest BCUT2D eigenvalue weighted by molar-refractivity contribution is 0.182. The van der Waals surface area contributed by atoms with E-state index in [2.05, 4.69) is 18.3 Å². The zero-order chi connectivity index (χ0) is 13.9. The van der Waals surface area contributed by atoms with E-state index in [0.717, 1.165) is 30.0 Å². The summed E-state index contributed by atoms with van der Waals surface area (Å²) >= 11 is 0. The van der Waals surface area contributed by atoms with Gasteiger partial charge >= 0.3 is 0 Å². The van der Waals surface area contributed by atoms with Gasteiger partial charge in [0.05, 0.1) is 20.8 Å². The number of hydrogen-bond acceptors (Lipinski definition) is 4. The molecule has 4 heteroatoms. The van der Waals surface area contributed by atoms with Crippen LogP contribution < -0.4 is 14.8 Å². The molecule has 1 fully saturated rings. The van der Waals surface area contributed by atoms with Gasteiger partial charge in [-0.1, -0.05) is 0 Å². The smallest absolute Gasteiger partial charge is 0.161 e. The molecular weight excluding hydrogens is 242 g/mol. The van der Waals surface area contributed by atoms with Gasteiger partial charge in [-0.25, -0.2) is 0 Å². The second-order valence-electron chi connectivity index (χ2n) is 5.16. The molecule has 1 heterocycles. The summed E-state index contributed by atoms with van der Waals surface area (Å²) in [5.41, 5.74) is 2.38. The van der Waals surface area contributed by atoms with Crippen molar-refractivity contribution in [2.75, 3.05) is 27.9 Å². The van der Waals surface area contributed by atoms with E-state index in [1.165, 1.54) is 12.0 Å². The summed E-state index contributed by atoms with van der Waals surface area (Å²) in [6.45, 7) is 3.87. The molecule has 1 aromatic carbocycles. The third kappa shape index (κ3) is 2.69. The van der Waals surface area contributed by atoms with Gasteiger partial charge in [0, 0.05) is 12.6 Å². The number of hydrogen-bond donors (Lipinski definition) is 1. The zero-order valence-corrected chi connectivity index (χ0v) is 12.2. The molecule has 0 aliphatic carbocycles. The monoisotopic (exact) mass is 265 g/mol. The molecule has 0 saturated carbocycles. The van der Waals surface area contributed by atoms with Crippen LogP contribution >= 0.6 is 0 Å². The Hall–Kier alpha value is -1.26. The Morgan fingerprint density at radius 2 is 1.84 bits per heavy atom. The van der Waals surface area contributed by atoms with Gasteiger partial charge in [0.25, 0.3) is 0 Å². The predicted octanol–water partition coefficient (Wildman–Crippen LogP) is 2.45. The molecule has 1 aliphatic heterocycles. The molecule has 1 atom stereocenters. The Labute approximate surface area is 115 Å². The highest BCUT2D eigenvalue weighted by Crippen LogP contribution is 2.39. The molecule has 4 nitrogen and oxygen atoms in total. The Balaban J connectivity index is 2.50. The van der Waals surface area contributed by atoms with Crippen LogP contribution in [0.1, 0.15) is 30.9 Å². The molecule has 1 N–H and O–H groups in total. The minimum absolute atomic E-state index is 0.00653. The highest BCUT2D eigenvalue weighted by molar-refractivity contribution is 5.49. The summed E-state index contributed by atoms with van der Waals surface area (Å²) in [6.07, 6.45) is 2.32. The fraction of sp³-hybridized carbons (Fsp3) is 0.600. The molecule has 106 valence electrons. The van der Waals surface area contributed by atoms with Crippen LogP contribution in [0, 0.1) is 0 Å². The van der Waals surface area contributed by atoms with E-state index in [1.807, 2.05) is 6.07 Å². The first-order chi connectivity index (χ1) is 9.14. The average Bonchev–Trinajstić information content (AvgIpc) is 2.86. The molecule has 1 unspecified atom stereocenters. The van der Waals surface area contributed by atoms with E-state index in [9.17, 15) is 0 Å². The highest BCUT2D eigenvalue weighted by Gasteiger charge is 2.33. The van der Waals surface area contributed by atoms with Gasteiger partial charge in [0.2, 0.25) is 0 Å². The predicted molar refractivity (Wildman–Crippen MR) is 74.8 cm³/mol. The van der Waals surface area contributed by atoms with E-state index in [4.69, 9.17) is 14.2 Å². The number of nitrogens with one attached hydrogen (secondary N) is 1. The van der Waals surface area contributed by atoms with Crippen molar-refractivity contribution in [1.82, 2.24) is 5.32 Å². The van der Waals surface area contributed by atoms with Crippen LogP contribution in [0.4, 0.5) is 0 Å². The first kappa shape index (κ1) is 14.2. The number of methoxy groups -OCH3 is 3. The summed E-state index contributed by atoms with van der Waals surface area (Å²) in [4.78, 5) is 0. The zero-order valence-electron chi connectivity index (χ0n) is 12.2. The largest absolute Gasteiger partial charge is 0.493 e. The van der Waals surface area contributed by atoms with Crippen molar-refractivity contribution in [3.63, 3.8) is 0 Å². The van der Waals surface area contributed by atoms with Crippen LogP contribution in [0.5, 0.6) is 11.5 Å². The number of ether oxygens (including phenoxy) is 3. The van der Waals surface area contributed by atoms with Crippen LogP contribution in [0.25, 0.3) is 0 Å². The fourth-order valence-corrected chi connectivity index (χ4v) is 2.83. The average molecular weight is 265 g/mol. The molecule has 19 heavy (non-hydrogen) atoms. The van der Waals surface area contributed by atoms with Crippen molar-refractivity contribution in [1.29, 1.82) is 0 Å². The van der Waals surface area contributed by atoms with Crippen LogP contribution in [0.2, 0.25) is 0 Å². The first-order valence-corrected chi connectivity index (χ1v) is 6.64.